The van der Waals surface area contributed by atoms with Crippen LogP contribution in [0.4, 0.5) is 0 Å². The summed E-state index contributed by atoms with van der Waals surface area (Å²) in [6.45, 7) is 6.72. The summed E-state index contributed by atoms with van der Waals surface area (Å²) in [5.41, 5.74) is 3.23. The number of aromatic amines is 1. The fraction of sp³-hybridized carbons (Fsp3) is 0.304. The van der Waals surface area contributed by atoms with E-state index in [-0.39, 0.29) is 12.0 Å². The van der Waals surface area contributed by atoms with Gasteiger partial charge < -0.3 is 19.2 Å². The number of aliphatic hydroxyl groups is 1. The maximum absolute atomic E-state index is 10.2. The molecule has 7 heteroatoms. The minimum absolute atomic E-state index is 0.101. The van der Waals surface area contributed by atoms with Gasteiger partial charge in [0, 0.05) is 22.9 Å². The number of thioether (sulfide) groups is 1. The van der Waals surface area contributed by atoms with Crippen LogP contribution in [0, 0.1) is 0 Å². The molecule has 2 aromatic heterocycles. The van der Waals surface area contributed by atoms with Gasteiger partial charge in [-0.15, -0.1) is 10.2 Å². The zero-order chi connectivity index (χ0) is 21.1. The van der Waals surface area contributed by atoms with Crippen LogP contribution in [0.5, 0.6) is 5.75 Å². The van der Waals surface area contributed by atoms with Gasteiger partial charge in [-0.1, -0.05) is 62.9 Å². The number of hydrogen-bond donors (Lipinski definition) is 2. The molecular weight excluding hydrogens is 398 g/mol. The van der Waals surface area contributed by atoms with Crippen molar-refractivity contribution in [2.75, 3.05) is 12.4 Å². The third kappa shape index (κ3) is 4.68. The number of H-pyrrole nitrogens is 1. The van der Waals surface area contributed by atoms with Crippen molar-refractivity contribution in [3.63, 3.8) is 0 Å². The third-order valence-corrected chi connectivity index (χ3v) is 5.75. The zero-order valence-corrected chi connectivity index (χ0v) is 18.1. The van der Waals surface area contributed by atoms with Crippen molar-refractivity contribution in [3.8, 4) is 17.2 Å². The van der Waals surface area contributed by atoms with E-state index in [0.29, 0.717) is 16.9 Å². The number of para-hydroxylation sites is 1. The van der Waals surface area contributed by atoms with E-state index in [9.17, 15) is 5.11 Å². The van der Waals surface area contributed by atoms with E-state index < -0.39 is 6.10 Å². The molecule has 30 heavy (non-hydrogen) atoms. The molecule has 0 unspecified atom stereocenters. The third-order valence-electron chi connectivity index (χ3n) is 4.79. The molecule has 0 amide bonds. The molecule has 4 rings (SSSR count). The number of nitrogens with one attached hydrogen (secondary N) is 1. The number of aliphatic hydroxyl groups excluding tert-OH is 1. The molecule has 6 nitrogen and oxygen atoms in total. The lowest BCUT2D eigenvalue weighted by Crippen LogP contribution is -2.20. The smallest absolute Gasteiger partial charge is 0.276 e. The summed E-state index contributed by atoms with van der Waals surface area (Å²) < 4.78 is 11.5. The van der Waals surface area contributed by atoms with Gasteiger partial charge in [0.05, 0.1) is 11.7 Å². The van der Waals surface area contributed by atoms with Gasteiger partial charge in [-0.05, 0) is 29.2 Å². The quantitative estimate of drug-likeness (QED) is 0.405. The highest BCUT2D eigenvalue weighted by atomic mass is 32.2. The van der Waals surface area contributed by atoms with Gasteiger partial charge in [-0.25, -0.2) is 0 Å². The molecule has 0 radical (unpaired) electrons. The number of ether oxygens (including phenoxy) is 1. The van der Waals surface area contributed by atoms with Crippen molar-refractivity contribution < 1.29 is 14.3 Å². The van der Waals surface area contributed by atoms with Crippen LogP contribution in [-0.2, 0) is 5.41 Å². The molecule has 0 bridgehead atoms. The molecule has 2 heterocycles. The van der Waals surface area contributed by atoms with Gasteiger partial charge >= 0.3 is 0 Å². The summed E-state index contributed by atoms with van der Waals surface area (Å²) in [6, 6.07) is 15.9. The Labute approximate surface area is 179 Å². The number of nitrogens with zero attached hydrogens (tertiary/aromatic N) is 2. The number of benzene rings is 2. The summed E-state index contributed by atoms with van der Waals surface area (Å²) in [6.07, 6.45) is 1.21. The van der Waals surface area contributed by atoms with E-state index in [4.69, 9.17) is 9.15 Å². The van der Waals surface area contributed by atoms with E-state index >= 15 is 0 Å². The summed E-state index contributed by atoms with van der Waals surface area (Å²) in [5.74, 6) is 1.60. The summed E-state index contributed by atoms with van der Waals surface area (Å²) in [7, 11) is 0. The Kier molecular flexibility index (Phi) is 5.83. The first kappa shape index (κ1) is 20.5. The predicted octanol–water partition coefficient (Wildman–Crippen LogP) is 5.05. The monoisotopic (exact) mass is 423 g/mol. The minimum atomic E-state index is -0.652. The number of rotatable bonds is 7. The topological polar surface area (TPSA) is 84.2 Å². The second kappa shape index (κ2) is 8.53. The van der Waals surface area contributed by atoms with Crippen LogP contribution >= 0.6 is 11.8 Å². The van der Waals surface area contributed by atoms with Crippen LogP contribution in [0.25, 0.3) is 22.4 Å². The van der Waals surface area contributed by atoms with E-state index in [1.165, 1.54) is 17.3 Å². The Bertz CT molecular complexity index is 1110. The maximum atomic E-state index is 10.2. The van der Waals surface area contributed by atoms with Gasteiger partial charge in [0.15, 0.2) is 0 Å². The Hall–Kier alpha value is -2.77. The largest absolute Gasteiger partial charge is 0.491 e. The molecular formula is C23H25N3O3S. The number of aromatic nitrogens is 3. The minimum Gasteiger partial charge on any atom is -0.491 e. The molecule has 0 spiro atoms. The fourth-order valence-corrected chi connectivity index (χ4v) is 3.75. The van der Waals surface area contributed by atoms with Crippen LogP contribution in [0.2, 0.25) is 0 Å². The van der Waals surface area contributed by atoms with Crippen LogP contribution in [0.1, 0.15) is 26.3 Å². The van der Waals surface area contributed by atoms with Crippen LogP contribution in [0.15, 0.2) is 64.4 Å². The normalized spacial score (nSPS) is 12.9. The Morgan fingerprint density at radius 1 is 1.10 bits per heavy atom. The molecule has 1 atom stereocenters. The average Bonchev–Trinajstić information content (AvgIpc) is 3.37. The van der Waals surface area contributed by atoms with Crippen molar-refractivity contribution in [2.24, 2.45) is 0 Å². The number of hydrogen-bond acceptors (Lipinski definition) is 6. The van der Waals surface area contributed by atoms with Crippen LogP contribution in [0.3, 0.4) is 0 Å². The van der Waals surface area contributed by atoms with Crippen molar-refractivity contribution in [2.45, 2.75) is 37.5 Å². The first-order valence-electron chi connectivity index (χ1n) is 9.84. The summed E-state index contributed by atoms with van der Waals surface area (Å²) >= 11 is 1.31. The van der Waals surface area contributed by atoms with E-state index in [0.717, 1.165) is 22.2 Å². The zero-order valence-electron chi connectivity index (χ0n) is 17.3. The second-order valence-corrected chi connectivity index (χ2v) is 9.14. The van der Waals surface area contributed by atoms with Gasteiger partial charge in [0.1, 0.15) is 12.4 Å². The van der Waals surface area contributed by atoms with Crippen molar-refractivity contribution >= 4 is 22.7 Å². The van der Waals surface area contributed by atoms with E-state index in [1.807, 2.05) is 42.6 Å². The SMILES string of the molecule is CC(C)(C)c1ccc(OC[C@@H](O)CSc2nnc(-c3c[nH]c4ccccc34)o2)cc1. The highest BCUT2D eigenvalue weighted by molar-refractivity contribution is 7.99. The van der Waals surface area contributed by atoms with Gasteiger partial charge in [-0.3, -0.25) is 0 Å². The van der Waals surface area contributed by atoms with Crippen molar-refractivity contribution in [1.29, 1.82) is 0 Å². The Morgan fingerprint density at radius 3 is 2.63 bits per heavy atom. The van der Waals surface area contributed by atoms with Gasteiger partial charge in [0.2, 0.25) is 0 Å². The Morgan fingerprint density at radius 2 is 1.87 bits per heavy atom. The lowest BCUT2D eigenvalue weighted by molar-refractivity contribution is 0.126. The fourth-order valence-electron chi connectivity index (χ4n) is 3.08. The first-order valence-corrected chi connectivity index (χ1v) is 10.8. The Balaban J connectivity index is 1.30. The second-order valence-electron chi connectivity index (χ2n) is 8.17. The highest BCUT2D eigenvalue weighted by Crippen LogP contribution is 2.29. The molecule has 2 aromatic carbocycles. The lowest BCUT2D eigenvalue weighted by atomic mass is 9.87. The molecule has 0 fully saturated rings. The number of fused-ring (bicyclic) bond motifs is 1. The molecule has 4 aromatic rings. The van der Waals surface area contributed by atoms with Crippen LogP contribution < -0.4 is 4.74 Å². The molecule has 0 saturated carbocycles. The van der Waals surface area contributed by atoms with Gasteiger partial charge in [-0.2, -0.15) is 0 Å². The molecule has 156 valence electrons. The molecule has 0 aliphatic carbocycles. The van der Waals surface area contributed by atoms with Crippen LogP contribution in [-0.4, -0.2) is 38.8 Å². The summed E-state index contributed by atoms with van der Waals surface area (Å²) in [4.78, 5) is 3.20. The van der Waals surface area contributed by atoms with E-state index in [1.54, 1.807) is 0 Å². The summed E-state index contributed by atoms with van der Waals surface area (Å²) in [5, 5.41) is 19.9. The maximum Gasteiger partial charge on any atom is 0.276 e. The van der Waals surface area contributed by atoms with Crippen molar-refractivity contribution in [3.05, 3.63) is 60.3 Å². The highest BCUT2D eigenvalue weighted by Gasteiger charge is 2.16. The molecule has 0 aliphatic rings. The lowest BCUT2D eigenvalue weighted by Gasteiger charge is -2.19. The average molecular weight is 424 g/mol. The van der Waals surface area contributed by atoms with Gasteiger partial charge in [0.25, 0.3) is 11.1 Å². The molecule has 0 aliphatic heterocycles. The standard InChI is InChI=1S/C23H25N3O3S/c1-23(2,3)15-8-10-17(11-9-15)28-13-16(27)14-30-22-26-25-21(29-22)19-12-24-20-7-5-4-6-18(19)20/h4-12,16,24,27H,13-14H2,1-3H3/t16-/m1/s1. The predicted molar refractivity (Wildman–Crippen MR) is 119 cm³/mol. The molecule has 0 saturated heterocycles. The van der Waals surface area contributed by atoms with Crippen molar-refractivity contribution in [1.82, 2.24) is 15.2 Å². The molecule has 2 N–H and O–H groups in total. The first-order chi connectivity index (χ1) is 14.4. The van der Waals surface area contributed by atoms with E-state index in [2.05, 4.69) is 48.1 Å².